The third-order valence-electron chi connectivity index (χ3n) is 4.08. The number of benzene rings is 2. The Labute approximate surface area is 174 Å². The Bertz CT molecular complexity index is 794. The Kier molecular flexibility index (Phi) is 9.26. The molecule has 1 unspecified atom stereocenters. The van der Waals surface area contributed by atoms with Crippen molar-refractivity contribution < 1.29 is 27.4 Å². The first-order valence-electron chi connectivity index (χ1n) is 8.62. The predicted octanol–water partition coefficient (Wildman–Crippen LogP) is 4.66. The highest BCUT2D eigenvalue weighted by Gasteiger charge is 2.16. The van der Waals surface area contributed by atoms with Crippen molar-refractivity contribution in [1.29, 1.82) is 0 Å². The van der Waals surface area contributed by atoms with Crippen molar-refractivity contribution in [2.24, 2.45) is 0 Å². The van der Waals surface area contributed by atoms with Crippen LogP contribution >= 0.6 is 12.4 Å². The van der Waals surface area contributed by atoms with Gasteiger partial charge in [0, 0.05) is 38.7 Å². The van der Waals surface area contributed by atoms with E-state index in [9.17, 15) is 18.0 Å². The van der Waals surface area contributed by atoms with E-state index in [4.69, 9.17) is 9.47 Å². The number of rotatable bonds is 7. The maximum Gasteiger partial charge on any atom is 0.414 e. The van der Waals surface area contributed by atoms with E-state index in [1.165, 1.54) is 4.90 Å². The van der Waals surface area contributed by atoms with Crippen LogP contribution in [0.4, 0.5) is 18.0 Å². The highest BCUT2D eigenvalue weighted by atomic mass is 35.5. The van der Waals surface area contributed by atoms with Crippen molar-refractivity contribution in [3.05, 3.63) is 59.4 Å². The second kappa shape index (κ2) is 10.9. The predicted molar refractivity (Wildman–Crippen MR) is 106 cm³/mol. The van der Waals surface area contributed by atoms with E-state index in [0.717, 1.165) is 17.7 Å². The minimum Gasteiger partial charge on any atom is -0.493 e. The van der Waals surface area contributed by atoms with Crippen LogP contribution in [0.25, 0.3) is 0 Å². The topological polar surface area (TPSA) is 42.0 Å². The molecular weight excluding hydrogens is 409 g/mol. The van der Waals surface area contributed by atoms with Crippen LogP contribution in [-0.4, -0.2) is 50.7 Å². The molecule has 0 aromatic heterocycles. The molecule has 0 saturated heterocycles. The molecule has 0 bridgehead atoms. The number of hydrogen-bond acceptors (Lipinski definition) is 4. The van der Waals surface area contributed by atoms with Crippen LogP contribution < -0.4 is 9.47 Å². The maximum atomic E-state index is 13.3. The number of carbonyl (C=O) groups is 1. The van der Waals surface area contributed by atoms with E-state index in [2.05, 4.69) is 0 Å². The number of halogens is 4. The Balaban J connectivity index is 0.00000420. The molecule has 0 saturated carbocycles. The molecule has 5 nitrogen and oxygen atoms in total. The summed E-state index contributed by atoms with van der Waals surface area (Å²) >= 11 is 0. The van der Waals surface area contributed by atoms with E-state index in [0.29, 0.717) is 12.2 Å². The highest BCUT2D eigenvalue weighted by Crippen LogP contribution is 2.26. The van der Waals surface area contributed by atoms with Crippen LogP contribution in [0.3, 0.4) is 0 Å². The van der Waals surface area contributed by atoms with Gasteiger partial charge in [0.1, 0.15) is 11.5 Å². The van der Waals surface area contributed by atoms with Gasteiger partial charge in [0.25, 0.3) is 0 Å². The van der Waals surface area contributed by atoms with Gasteiger partial charge in [-0.25, -0.2) is 18.0 Å². The monoisotopic (exact) mass is 432 g/mol. The fourth-order valence-corrected chi connectivity index (χ4v) is 2.58. The average molecular weight is 433 g/mol. The fraction of sp³-hybridized carbons (Fsp3) is 0.350. The molecule has 0 spiro atoms. The Morgan fingerprint density at radius 3 is 2.00 bits per heavy atom. The zero-order valence-corrected chi connectivity index (χ0v) is 17.4. The van der Waals surface area contributed by atoms with Crippen LogP contribution in [0.1, 0.15) is 18.0 Å². The van der Waals surface area contributed by atoms with E-state index in [1.807, 2.05) is 31.1 Å². The van der Waals surface area contributed by atoms with E-state index >= 15 is 0 Å². The molecule has 160 valence electrons. The first-order valence-corrected chi connectivity index (χ1v) is 8.62. The molecule has 0 aliphatic rings. The minimum atomic E-state index is -1.52. The Morgan fingerprint density at radius 2 is 1.52 bits per heavy atom. The lowest BCUT2D eigenvalue weighted by Gasteiger charge is -2.25. The first-order chi connectivity index (χ1) is 13.2. The van der Waals surface area contributed by atoms with Crippen molar-refractivity contribution in [3.63, 3.8) is 0 Å². The lowest BCUT2D eigenvalue weighted by molar-refractivity contribution is 0.172. The zero-order valence-electron chi connectivity index (χ0n) is 16.6. The third kappa shape index (κ3) is 6.83. The molecule has 2 aromatic carbocycles. The summed E-state index contributed by atoms with van der Waals surface area (Å²) in [4.78, 5) is 14.9. The van der Waals surface area contributed by atoms with Gasteiger partial charge in [-0.05, 0) is 31.8 Å². The van der Waals surface area contributed by atoms with Crippen LogP contribution in [0.15, 0.2) is 36.4 Å². The summed E-state index contributed by atoms with van der Waals surface area (Å²) in [7, 11) is 6.97. The number of hydrogen-bond donors (Lipinski definition) is 0. The molecule has 0 radical (unpaired) electrons. The van der Waals surface area contributed by atoms with Gasteiger partial charge in [0.05, 0.1) is 6.61 Å². The first kappa shape index (κ1) is 24.6. The summed E-state index contributed by atoms with van der Waals surface area (Å²) in [6.07, 6.45) is 0.0498. The number of amides is 1. The normalized spacial score (nSPS) is 11.6. The molecule has 0 aliphatic heterocycles. The summed E-state index contributed by atoms with van der Waals surface area (Å²) in [6, 6.07) is 8.64. The van der Waals surface area contributed by atoms with Crippen molar-refractivity contribution >= 4 is 18.5 Å². The van der Waals surface area contributed by atoms with Gasteiger partial charge in [-0.15, -0.1) is 12.4 Å². The van der Waals surface area contributed by atoms with Gasteiger partial charge < -0.3 is 19.3 Å². The highest BCUT2D eigenvalue weighted by molar-refractivity contribution is 5.85. The van der Waals surface area contributed by atoms with Crippen LogP contribution in [0, 0.1) is 17.5 Å². The van der Waals surface area contributed by atoms with Gasteiger partial charge in [0.2, 0.25) is 0 Å². The average Bonchev–Trinajstić information content (AvgIpc) is 2.63. The summed E-state index contributed by atoms with van der Waals surface area (Å²) in [6.45, 7) is 0.171. The summed E-state index contributed by atoms with van der Waals surface area (Å²) in [5.74, 6) is -3.74. The summed E-state index contributed by atoms with van der Waals surface area (Å²) in [5.41, 5.74) is 0.953. The second-order valence-corrected chi connectivity index (χ2v) is 6.65. The van der Waals surface area contributed by atoms with E-state index < -0.39 is 23.5 Å². The molecule has 0 fully saturated rings. The van der Waals surface area contributed by atoms with Gasteiger partial charge in [0.15, 0.2) is 17.5 Å². The number of nitrogens with zero attached hydrogens (tertiary/aromatic N) is 2. The molecule has 29 heavy (non-hydrogen) atoms. The molecule has 2 rings (SSSR count). The largest absolute Gasteiger partial charge is 0.493 e. The standard InChI is InChI=1S/C20H23F3N2O3.ClH/c1-24(2)18(9-10-27-15-11-16(21)19(23)17(22)12-15)13-5-7-14(8-6-13)28-20(26)25(3)4;/h5-8,11-12,18H,9-10H2,1-4H3;1H. The third-order valence-corrected chi connectivity index (χ3v) is 4.08. The summed E-state index contributed by atoms with van der Waals surface area (Å²) < 4.78 is 50.1. The Hall–Kier alpha value is -2.45. The number of ether oxygens (including phenoxy) is 2. The molecule has 2 aromatic rings. The van der Waals surface area contributed by atoms with Gasteiger partial charge >= 0.3 is 6.09 Å². The molecule has 9 heteroatoms. The summed E-state index contributed by atoms with van der Waals surface area (Å²) in [5, 5.41) is 0. The molecule has 1 amide bonds. The van der Waals surface area contributed by atoms with Gasteiger partial charge in [-0.3, -0.25) is 0 Å². The van der Waals surface area contributed by atoms with E-state index in [-0.39, 0.29) is 30.8 Å². The van der Waals surface area contributed by atoms with Gasteiger partial charge in [-0.1, -0.05) is 12.1 Å². The molecule has 0 heterocycles. The SMILES string of the molecule is CN(C)C(=O)Oc1ccc(C(CCOc2cc(F)c(F)c(F)c2)N(C)C)cc1.Cl. The lowest BCUT2D eigenvalue weighted by Crippen LogP contribution is -2.25. The molecule has 1 atom stereocenters. The molecular formula is C20H24ClF3N2O3. The fourth-order valence-electron chi connectivity index (χ4n) is 2.58. The van der Waals surface area contributed by atoms with Crippen molar-refractivity contribution in [2.75, 3.05) is 34.8 Å². The van der Waals surface area contributed by atoms with Crippen LogP contribution in [0.5, 0.6) is 11.5 Å². The van der Waals surface area contributed by atoms with Crippen molar-refractivity contribution in [3.8, 4) is 11.5 Å². The van der Waals surface area contributed by atoms with Gasteiger partial charge in [-0.2, -0.15) is 0 Å². The smallest absolute Gasteiger partial charge is 0.414 e. The lowest BCUT2D eigenvalue weighted by atomic mass is 10.0. The van der Waals surface area contributed by atoms with Crippen molar-refractivity contribution in [1.82, 2.24) is 9.80 Å². The maximum absolute atomic E-state index is 13.3. The molecule has 0 aliphatic carbocycles. The quantitative estimate of drug-likeness (QED) is 0.597. The Morgan fingerprint density at radius 1 is 0.966 bits per heavy atom. The molecule has 0 N–H and O–H groups in total. The van der Waals surface area contributed by atoms with Crippen LogP contribution in [0.2, 0.25) is 0 Å². The van der Waals surface area contributed by atoms with Crippen molar-refractivity contribution in [2.45, 2.75) is 12.5 Å². The second-order valence-electron chi connectivity index (χ2n) is 6.65. The van der Waals surface area contributed by atoms with Crippen LogP contribution in [-0.2, 0) is 0 Å². The van der Waals surface area contributed by atoms with E-state index in [1.54, 1.807) is 26.2 Å². The zero-order chi connectivity index (χ0) is 20.8. The number of carbonyl (C=O) groups excluding carboxylic acids is 1. The minimum absolute atomic E-state index is 0.